The Hall–Kier alpha value is -1.03. The molecule has 0 saturated carbocycles. The molecule has 2 rings (SSSR count). The van der Waals surface area contributed by atoms with Crippen LogP contribution in [0.2, 0.25) is 0 Å². The van der Waals surface area contributed by atoms with Gasteiger partial charge in [0.2, 0.25) is 0 Å². The zero-order chi connectivity index (χ0) is 15.1. The summed E-state index contributed by atoms with van der Waals surface area (Å²) in [6.45, 7) is 9.06. The van der Waals surface area contributed by atoms with Crippen LogP contribution in [0.25, 0.3) is 11.1 Å². The van der Waals surface area contributed by atoms with Crippen LogP contribution in [0.4, 0.5) is 0 Å². The smallest absolute Gasteiger partial charge is 0.408 e. The minimum atomic E-state index is -0.314. The highest BCUT2D eigenvalue weighted by Crippen LogP contribution is 2.37. The quantitative estimate of drug-likeness (QED) is 0.763. The van der Waals surface area contributed by atoms with Gasteiger partial charge in [0, 0.05) is 11.9 Å². The molecule has 0 bridgehead atoms. The average molecular weight is 340 g/mol. The molecule has 0 spiro atoms. The first kappa shape index (κ1) is 15.4. The second kappa shape index (κ2) is 5.40. The van der Waals surface area contributed by atoms with Crippen LogP contribution in [0, 0.1) is 11.3 Å². The van der Waals surface area contributed by atoms with Gasteiger partial charge >= 0.3 is 5.76 Å². The summed E-state index contributed by atoms with van der Waals surface area (Å²) in [4.78, 5) is 11.8. The third kappa shape index (κ3) is 3.00. The number of rotatable bonds is 3. The third-order valence-corrected chi connectivity index (χ3v) is 5.12. The van der Waals surface area contributed by atoms with E-state index in [0.717, 1.165) is 17.5 Å². The van der Waals surface area contributed by atoms with E-state index in [2.05, 4.69) is 49.7 Å². The molecule has 2 atom stereocenters. The average Bonchev–Trinajstić information content (AvgIpc) is 2.63. The number of nitrogens with zero attached hydrogens (tertiary/aromatic N) is 1. The van der Waals surface area contributed by atoms with Gasteiger partial charge in [0.05, 0.1) is 5.52 Å². The molecule has 1 aromatic carbocycles. The number of halogens is 1. The third-order valence-electron chi connectivity index (χ3n) is 4.22. The number of benzene rings is 1. The van der Waals surface area contributed by atoms with Crippen molar-refractivity contribution in [3.63, 3.8) is 0 Å². The number of aryl methyl sites for hydroxylation is 1. The summed E-state index contributed by atoms with van der Waals surface area (Å²) in [6, 6.07) is 5.98. The highest BCUT2D eigenvalue weighted by molar-refractivity contribution is 9.09. The largest absolute Gasteiger partial charge is 0.419 e. The van der Waals surface area contributed by atoms with E-state index in [1.165, 1.54) is 4.57 Å². The maximum Gasteiger partial charge on any atom is 0.419 e. The molecule has 0 aliphatic carbocycles. The minimum Gasteiger partial charge on any atom is -0.408 e. The molecular weight excluding hydrogens is 318 g/mol. The first-order chi connectivity index (χ1) is 9.20. The van der Waals surface area contributed by atoms with Crippen molar-refractivity contribution in [1.29, 1.82) is 0 Å². The summed E-state index contributed by atoms with van der Waals surface area (Å²) >= 11 is 3.76. The summed E-state index contributed by atoms with van der Waals surface area (Å²) in [7, 11) is 1.72. The van der Waals surface area contributed by atoms with Crippen LogP contribution in [0.3, 0.4) is 0 Å². The van der Waals surface area contributed by atoms with Crippen LogP contribution < -0.4 is 5.76 Å². The van der Waals surface area contributed by atoms with Gasteiger partial charge in [-0.15, -0.1) is 0 Å². The van der Waals surface area contributed by atoms with Crippen LogP contribution in [0.1, 0.15) is 44.5 Å². The van der Waals surface area contributed by atoms with E-state index in [-0.39, 0.29) is 16.0 Å². The lowest BCUT2D eigenvalue weighted by atomic mass is 9.79. The number of alkyl halides is 1. The summed E-state index contributed by atoms with van der Waals surface area (Å²) in [6.07, 6.45) is 1.05. The fraction of sp³-hybridized carbons (Fsp3) is 0.562. The van der Waals surface area contributed by atoms with E-state index in [1.54, 1.807) is 7.05 Å². The van der Waals surface area contributed by atoms with Gasteiger partial charge in [-0.05, 0) is 35.4 Å². The van der Waals surface area contributed by atoms with Gasteiger partial charge in [-0.25, -0.2) is 4.79 Å². The first-order valence-corrected chi connectivity index (χ1v) is 7.85. The second-order valence-corrected chi connectivity index (χ2v) is 7.73. The van der Waals surface area contributed by atoms with Gasteiger partial charge in [0.1, 0.15) is 0 Å². The second-order valence-electron chi connectivity index (χ2n) is 6.62. The molecule has 0 aliphatic heterocycles. The number of hydrogen-bond donors (Lipinski definition) is 0. The van der Waals surface area contributed by atoms with Crippen molar-refractivity contribution in [2.45, 2.75) is 38.9 Å². The number of hydrogen-bond acceptors (Lipinski definition) is 2. The van der Waals surface area contributed by atoms with E-state index >= 15 is 0 Å². The maximum atomic E-state index is 11.5. The molecule has 4 heteroatoms. The van der Waals surface area contributed by atoms with Crippen molar-refractivity contribution in [2.75, 3.05) is 0 Å². The van der Waals surface area contributed by atoms with Gasteiger partial charge in [-0.3, -0.25) is 4.57 Å². The van der Waals surface area contributed by atoms with Gasteiger partial charge < -0.3 is 4.42 Å². The number of aromatic nitrogens is 1. The van der Waals surface area contributed by atoms with E-state index < -0.39 is 0 Å². The Morgan fingerprint density at radius 1 is 1.35 bits per heavy atom. The number of oxazole rings is 1. The lowest BCUT2D eigenvalue weighted by Gasteiger charge is -2.29. The van der Waals surface area contributed by atoms with Crippen LogP contribution >= 0.6 is 15.9 Å². The summed E-state index contributed by atoms with van der Waals surface area (Å²) in [5.41, 5.74) is 2.93. The Bertz CT molecular complexity index is 663. The minimum absolute atomic E-state index is 0.270. The molecular formula is C16H22BrNO2. The predicted molar refractivity (Wildman–Crippen MR) is 86.4 cm³/mol. The molecule has 20 heavy (non-hydrogen) atoms. The van der Waals surface area contributed by atoms with E-state index in [1.807, 2.05) is 12.1 Å². The van der Waals surface area contributed by atoms with Crippen LogP contribution in [-0.4, -0.2) is 4.57 Å². The molecule has 1 aromatic heterocycles. The molecule has 0 aliphatic rings. The summed E-state index contributed by atoms with van der Waals surface area (Å²) in [5.74, 6) is 0.275. The Labute approximate surface area is 128 Å². The zero-order valence-corrected chi connectivity index (χ0v) is 14.3. The molecule has 0 saturated heterocycles. The summed E-state index contributed by atoms with van der Waals surface area (Å²) in [5, 5.41) is 0. The Morgan fingerprint density at radius 3 is 2.60 bits per heavy atom. The first-order valence-electron chi connectivity index (χ1n) is 6.93. The van der Waals surface area contributed by atoms with E-state index in [0.29, 0.717) is 11.5 Å². The monoisotopic (exact) mass is 339 g/mol. The van der Waals surface area contributed by atoms with Crippen molar-refractivity contribution in [1.82, 2.24) is 4.57 Å². The topological polar surface area (TPSA) is 35.1 Å². The molecule has 1 heterocycles. The lowest BCUT2D eigenvalue weighted by molar-refractivity contribution is 0.246. The normalized spacial score (nSPS) is 15.5. The SMILES string of the molecule is CC(CC(Br)c1ccc2c(c1)oc(=O)n2C)C(C)(C)C. The predicted octanol–water partition coefficient (Wildman–Crippen LogP) is 4.64. The number of fused-ring (bicyclic) bond motifs is 1. The van der Waals surface area contributed by atoms with Crippen molar-refractivity contribution in [3.05, 3.63) is 34.3 Å². The molecule has 0 amide bonds. The standard InChI is InChI=1S/C16H22BrNO2/c1-10(16(2,3)4)8-12(17)11-6-7-13-14(9-11)20-15(19)18(13)5/h6-7,9-10,12H,8H2,1-5H3. The fourth-order valence-electron chi connectivity index (χ4n) is 2.15. The van der Waals surface area contributed by atoms with Crippen molar-refractivity contribution < 1.29 is 4.42 Å². The molecule has 3 nitrogen and oxygen atoms in total. The van der Waals surface area contributed by atoms with Crippen LogP contribution in [-0.2, 0) is 7.05 Å². The molecule has 0 fully saturated rings. The zero-order valence-electron chi connectivity index (χ0n) is 12.7. The summed E-state index contributed by atoms with van der Waals surface area (Å²) < 4.78 is 6.78. The van der Waals surface area contributed by atoms with Gasteiger partial charge in [0.15, 0.2) is 5.58 Å². The van der Waals surface area contributed by atoms with Gasteiger partial charge in [-0.1, -0.05) is 49.7 Å². The Balaban J connectivity index is 2.27. The Kier molecular flexibility index (Phi) is 4.14. The van der Waals surface area contributed by atoms with Crippen molar-refractivity contribution in [2.24, 2.45) is 18.4 Å². The van der Waals surface area contributed by atoms with Crippen molar-refractivity contribution >= 4 is 27.0 Å². The van der Waals surface area contributed by atoms with Crippen LogP contribution in [0.5, 0.6) is 0 Å². The van der Waals surface area contributed by atoms with E-state index in [9.17, 15) is 4.79 Å². The highest BCUT2D eigenvalue weighted by atomic mass is 79.9. The van der Waals surface area contributed by atoms with Gasteiger partial charge in [0.25, 0.3) is 0 Å². The maximum absolute atomic E-state index is 11.5. The Morgan fingerprint density at radius 2 is 2.00 bits per heavy atom. The van der Waals surface area contributed by atoms with Crippen LogP contribution in [0.15, 0.2) is 27.4 Å². The van der Waals surface area contributed by atoms with Gasteiger partial charge in [-0.2, -0.15) is 0 Å². The van der Waals surface area contributed by atoms with Crippen molar-refractivity contribution in [3.8, 4) is 0 Å². The fourth-order valence-corrected chi connectivity index (χ4v) is 2.99. The highest BCUT2D eigenvalue weighted by Gasteiger charge is 2.23. The molecule has 0 N–H and O–H groups in total. The molecule has 0 radical (unpaired) electrons. The molecule has 2 aromatic rings. The van der Waals surface area contributed by atoms with E-state index in [4.69, 9.17) is 4.42 Å². The molecule has 110 valence electrons. The molecule has 2 unspecified atom stereocenters. The lowest BCUT2D eigenvalue weighted by Crippen LogP contribution is -2.18.